The lowest BCUT2D eigenvalue weighted by Gasteiger charge is -2.29. The normalized spacial score (nSPS) is 15.2. The first-order valence-corrected chi connectivity index (χ1v) is 9.40. The van der Waals surface area contributed by atoms with Crippen molar-refractivity contribution in [2.24, 2.45) is 5.92 Å². The maximum Gasteiger partial charge on any atom is 0.273 e. The number of benzene rings is 1. The topological polar surface area (TPSA) is 62.3 Å². The molecule has 0 bridgehead atoms. The van der Waals surface area contributed by atoms with E-state index in [9.17, 15) is 9.59 Å². The van der Waals surface area contributed by atoms with Gasteiger partial charge in [0, 0.05) is 36.1 Å². The monoisotopic (exact) mass is 357 g/mol. The summed E-state index contributed by atoms with van der Waals surface area (Å²) < 4.78 is 0. The number of aryl methyl sites for hydroxylation is 1. The van der Waals surface area contributed by atoms with Gasteiger partial charge in [-0.3, -0.25) is 9.59 Å². The number of nitrogens with zero attached hydrogens (tertiary/aromatic N) is 2. The average molecular weight is 357 g/mol. The highest BCUT2D eigenvalue weighted by Gasteiger charge is 2.25. The Hall–Kier alpha value is -2.21. The Bertz CT molecular complexity index is 774. The first-order valence-electron chi connectivity index (χ1n) is 8.58. The number of hydrogen-bond donors (Lipinski definition) is 1. The van der Waals surface area contributed by atoms with Gasteiger partial charge in [0.15, 0.2) is 0 Å². The molecule has 1 N–H and O–H groups in total. The van der Waals surface area contributed by atoms with Crippen LogP contribution in [-0.2, 0) is 4.79 Å². The first-order chi connectivity index (χ1) is 11.9. The molecule has 1 saturated heterocycles. The van der Waals surface area contributed by atoms with Crippen LogP contribution in [0, 0.1) is 12.8 Å². The van der Waals surface area contributed by atoms with Crippen molar-refractivity contribution in [1.82, 2.24) is 9.88 Å². The molecular weight excluding hydrogens is 334 g/mol. The summed E-state index contributed by atoms with van der Waals surface area (Å²) in [5, 5.41) is 3.58. The van der Waals surface area contributed by atoms with Crippen LogP contribution in [0.4, 0.5) is 5.69 Å². The van der Waals surface area contributed by atoms with Crippen LogP contribution in [0.2, 0.25) is 0 Å². The lowest BCUT2D eigenvalue weighted by atomic mass is 9.99. The molecule has 1 aromatic heterocycles. The average Bonchev–Trinajstić information content (AvgIpc) is 2.97. The van der Waals surface area contributed by atoms with Crippen molar-refractivity contribution in [3.05, 3.63) is 34.8 Å². The lowest BCUT2D eigenvalue weighted by Crippen LogP contribution is -2.38. The maximum absolute atomic E-state index is 12.8. The molecule has 0 unspecified atom stereocenters. The molecule has 0 radical (unpaired) electrons. The number of carbonyl (C=O) groups is 2. The van der Waals surface area contributed by atoms with Crippen LogP contribution in [0.25, 0.3) is 10.6 Å². The van der Waals surface area contributed by atoms with Crippen molar-refractivity contribution < 1.29 is 9.59 Å². The zero-order valence-electron chi connectivity index (χ0n) is 14.8. The van der Waals surface area contributed by atoms with E-state index in [1.165, 1.54) is 18.3 Å². The van der Waals surface area contributed by atoms with Gasteiger partial charge in [-0.15, -0.1) is 11.3 Å². The highest BCUT2D eigenvalue weighted by molar-refractivity contribution is 7.15. The fraction of sp³-hybridized carbons (Fsp3) is 0.421. The number of piperidine rings is 1. The summed E-state index contributed by atoms with van der Waals surface area (Å²) in [6, 6.07) is 7.53. The van der Waals surface area contributed by atoms with Crippen LogP contribution in [0.5, 0.6) is 0 Å². The molecule has 132 valence electrons. The van der Waals surface area contributed by atoms with Gasteiger partial charge in [-0.1, -0.05) is 6.92 Å². The molecular formula is C19H23N3O2S. The Morgan fingerprint density at radius 1 is 1.20 bits per heavy atom. The Morgan fingerprint density at radius 3 is 2.44 bits per heavy atom. The van der Waals surface area contributed by atoms with Gasteiger partial charge in [-0.05, 0) is 49.9 Å². The third-order valence-corrected chi connectivity index (χ3v) is 5.54. The summed E-state index contributed by atoms with van der Waals surface area (Å²) in [6.07, 6.45) is 2.12. The number of thiazole rings is 1. The molecule has 2 heterocycles. The number of carbonyl (C=O) groups excluding carboxylic acids is 2. The van der Waals surface area contributed by atoms with E-state index in [4.69, 9.17) is 0 Å². The predicted octanol–water partition coefficient (Wildman–Crippen LogP) is 3.95. The van der Waals surface area contributed by atoms with Crippen LogP contribution in [0.15, 0.2) is 24.3 Å². The van der Waals surface area contributed by atoms with Crippen LogP contribution >= 0.6 is 11.3 Å². The number of anilines is 1. The number of aromatic nitrogens is 1. The van der Waals surface area contributed by atoms with Crippen molar-refractivity contribution in [2.45, 2.75) is 33.6 Å². The summed E-state index contributed by atoms with van der Waals surface area (Å²) in [7, 11) is 0. The fourth-order valence-corrected chi connectivity index (χ4v) is 3.89. The molecule has 0 atom stereocenters. The third kappa shape index (κ3) is 4.07. The van der Waals surface area contributed by atoms with Crippen LogP contribution in [0.1, 0.15) is 42.1 Å². The highest BCUT2D eigenvalue weighted by atomic mass is 32.1. The van der Waals surface area contributed by atoms with Gasteiger partial charge in [-0.25, -0.2) is 4.98 Å². The van der Waals surface area contributed by atoms with Gasteiger partial charge in [0.05, 0.1) is 0 Å². The summed E-state index contributed by atoms with van der Waals surface area (Å²) in [6.45, 7) is 7.30. The Balaban J connectivity index is 1.77. The molecule has 1 aliphatic heterocycles. The van der Waals surface area contributed by atoms with Crippen molar-refractivity contribution in [1.29, 1.82) is 0 Å². The molecule has 6 heteroatoms. The number of amides is 2. The predicted molar refractivity (Wildman–Crippen MR) is 101 cm³/mol. The van der Waals surface area contributed by atoms with Gasteiger partial charge >= 0.3 is 0 Å². The minimum Gasteiger partial charge on any atom is -0.337 e. The summed E-state index contributed by atoms with van der Waals surface area (Å²) in [5.74, 6) is 0.640. The molecule has 0 saturated carbocycles. The zero-order valence-corrected chi connectivity index (χ0v) is 15.7. The molecule has 25 heavy (non-hydrogen) atoms. The minimum atomic E-state index is -0.0958. The number of likely N-dealkylation sites (tertiary alicyclic amines) is 1. The number of nitrogens with one attached hydrogen (secondary N) is 1. The second-order valence-corrected chi connectivity index (χ2v) is 7.86. The second kappa shape index (κ2) is 7.35. The van der Waals surface area contributed by atoms with E-state index < -0.39 is 0 Å². The van der Waals surface area contributed by atoms with Gasteiger partial charge < -0.3 is 10.2 Å². The lowest BCUT2D eigenvalue weighted by molar-refractivity contribution is -0.114. The smallest absolute Gasteiger partial charge is 0.273 e. The molecule has 1 aliphatic rings. The molecule has 1 aromatic carbocycles. The van der Waals surface area contributed by atoms with E-state index in [0.29, 0.717) is 11.6 Å². The van der Waals surface area contributed by atoms with Crippen molar-refractivity contribution in [3.8, 4) is 10.6 Å². The van der Waals surface area contributed by atoms with Crippen molar-refractivity contribution >= 4 is 28.8 Å². The van der Waals surface area contributed by atoms with Gasteiger partial charge in [0.25, 0.3) is 5.91 Å². The highest BCUT2D eigenvalue weighted by Crippen LogP contribution is 2.30. The van der Waals surface area contributed by atoms with E-state index in [2.05, 4.69) is 17.2 Å². The SMILES string of the molecule is CC(=O)Nc1ccc(-c2nc(C(=O)N3CCC(C)CC3)c(C)s2)cc1. The fourth-order valence-electron chi connectivity index (χ4n) is 2.98. The van der Waals surface area contributed by atoms with Crippen molar-refractivity contribution in [3.63, 3.8) is 0 Å². The van der Waals surface area contributed by atoms with Gasteiger partial charge in [0.2, 0.25) is 5.91 Å². The Morgan fingerprint density at radius 2 is 1.84 bits per heavy atom. The molecule has 2 amide bonds. The van der Waals surface area contributed by atoms with Crippen LogP contribution < -0.4 is 5.32 Å². The van der Waals surface area contributed by atoms with E-state index >= 15 is 0 Å². The van der Waals surface area contributed by atoms with Crippen LogP contribution in [-0.4, -0.2) is 34.8 Å². The summed E-state index contributed by atoms with van der Waals surface area (Å²) in [4.78, 5) is 31.3. The van der Waals surface area contributed by atoms with E-state index in [-0.39, 0.29) is 11.8 Å². The molecule has 1 fully saturated rings. The first kappa shape index (κ1) is 17.6. The molecule has 2 aromatic rings. The minimum absolute atomic E-state index is 0.0433. The molecule has 3 rings (SSSR count). The molecule has 0 aliphatic carbocycles. The largest absolute Gasteiger partial charge is 0.337 e. The van der Waals surface area contributed by atoms with E-state index in [1.807, 2.05) is 36.1 Å². The molecule has 0 spiro atoms. The third-order valence-electron chi connectivity index (χ3n) is 4.52. The van der Waals surface area contributed by atoms with Crippen molar-refractivity contribution in [2.75, 3.05) is 18.4 Å². The Labute approximate surface area is 152 Å². The summed E-state index contributed by atoms with van der Waals surface area (Å²) in [5.41, 5.74) is 2.28. The van der Waals surface area contributed by atoms with E-state index in [1.54, 1.807) is 0 Å². The Kier molecular flexibility index (Phi) is 5.18. The quantitative estimate of drug-likeness (QED) is 0.905. The standard InChI is InChI=1S/C19H23N3O2S/c1-12-8-10-22(11-9-12)19(24)17-13(2)25-18(21-17)15-4-6-16(7-5-15)20-14(3)23/h4-7,12H,8-11H2,1-3H3,(H,20,23). The maximum atomic E-state index is 12.8. The van der Waals surface area contributed by atoms with Gasteiger partial charge in [-0.2, -0.15) is 0 Å². The van der Waals surface area contributed by atoms with E-state index in [0.717, 1.165) is 47.1 Å². The number of rotatable bonds is 3. The number of hydrogen-bond acceptors (Lipinski definition) is 4. The van der Waals surface area contributed by atoms with Gasteiger partial charge in [0.1, 0.15) is 10.7 Å². The molecule has 5 nitrogen and oxygen atoms in total. The second-order valence-electron chi connectivity index (χ2n) is 6.66. The zero-order chi connectivity index (χ0) is 18.0. The summed E-state index contributed by atoms with van der Waals surface area (Å²) >= 11 is 1.53. The van der Waals surface area contributed by atoms with Crippen LogP contribution in [0.3, 0.4) is 0 Å².